The van der Waals surface area contributed by atoms with Gasteiger partial charge in [-0.3, -0.25) is 4.79 Å². The van der Waals surface area contributed by atoms with Crippen LogP contribution in [-0.4, -0.2) is 16.7 Å². The molecule has 0 saturated heterocycles. The number of hydrazone groups is 1. The first-order valence-corrected chi connectivity index (χ1v) is 8.37. The first-order chi connectivity index (χ1) is 11.7. The fraction of sp³-hybridized carbons (Fsp3) is 0.300. The van der Waals surface area contributed by atoms with Crippen LogP contribution in [0.2, 0.25) is 0 Å². The van der Waals surface area contributed by atoms with Gasteiger partial charge in [0.1, 0.15) is 11.8 Å². The molecule has 2 rings (SSSR count). The standard InChI is InChI=1S/C20H24N2O2/c1-2-3-6-15-18(23)21-22-19(16-11-7-4-8-12-16)20(24)17-13-9-5-10-14-17/h4-5,7-14,20,24H,2-3,6,15H2,1H3,(H,21,23)/t20-/m1/s1. The summed E-state index contributed by atoms with van der Waals surface area (Å²) in [5.74, 6) is -0.128. The van der Waals surface area contributed by atoms with Gasteiger partial charge >= 0.3 is 0 Å². The second-order valence-corrected chi connectivity index (χ2v) is 5.67. The number of aliphatic hydroxyl groups is 1. The molecule has 1 amide bonds. The summed E-state index contributed by atoms with van der Waals surface area (Å²) in [6, 6.07) is 18.7. The van der Waals surface area contributed by atoms with Gasteiger partial charge in [0.15, 0.2) is 0 Å². The molecule has 2 aromatic rings. The zero-order valence-electron chi connectivity index (χ0n) is 14.0. The van der Waals surface area contributed by atoms with E-state index in [-0.39, 0.29) is 5.91 Å². The van der Waals surface area contributed by atoms with Crippen LogP contribution in [0.3, 0.4) is 0 Å². The van der Waals surface area contributed by atoms with E-state index in [4.69, 9.17) is 0 Å². The molecule has 0 aliphatic rings. The van der Waals surface area contributed by atoms with E-state index in [2.05, 4.69) is 17.5 Å². The van der Waals surface area contributed by atoms with Gasteiger partial charge in [-0.2, -0.15) is 5.10 Å². The lowest BCUT2D eigenvalue weighted by Gasteiger charge is -2.15. The van der Waals surface area contributed by atoms with E-state index in [0.29, 0.717) is 12.1 Å². The van der Waals surface area contributed by atoms with Crippen molar-refractivity contribution in [1.29, 1.82) is 0 Å². The Balaban J connectivity index is 2.17. The van der Waals surface area contributed by atoms with Gasteiger partial charge < -0.3 is 5.11 Å². The van der Waals surface area contributed by atoms with E-state index >= 15 is 0 Å². The fourth-order valence-electron chi connectivity index (χ4n) is 2.40. The van der Waals surface area contributed by atoms with Crippen molar-refractivity contribution in [3.63, 3.8) is 0 Å². The number of hydrogen-bond acceptors (Lipinski definition) is 3. The monoisotopic (exact) mass is 324 g/mol. The van der Waals surface area contributed by atoms with Gasteiger partial charge in [-0.1, -0.05) is 80.4 Å². The highest BCUT2D eigenvalue weighted by molar-refractivity contribution is 6.04. The van der Waals surface area contributed by atoms with Crippen molar-refractivity contribution in [3.05, 3.63) is 71.8 Å². The van der Waals surface area contributed by atoms with Crippen LogP contribution in [0.5, 0.6) is 0 Å². The highest BCUT2D eigenvalue weighted by Gasteiger charge is 2.17. The molecule has 4 nitrogen and oxygen atoms in total. The summed E-state index contributed by atoms with van der Waals surface area (Å²) in [6.45, 7) is 2.10. The SMILES string of the molecule is CCCCCC(=O)NN=C(c1ccccc1)[C@H](O)c1ccccc1. The molecule has 4 heteroatoms. The molecule has 0 unspecified atom stereocenters. The lowest BCUT2D eigenvalue weighted by Crippen LogP contribution is -2.23. The number of carbonyl (C=O) groups is 1. The molecule has 0 saturated carbocycles. The van der Waals surface area contributed by atoms with Gasteiger partial charge in [0, 0.05) is 12.0 Å². The number of hydrogen-bond donors (Lipinski definition) is 2. The van der Waals surface area contributed by atoms with Crippen molar-refractivity contribution in [2.45, 2.75) is 38.7 Å². The van der Waals surface area contributed by atoms with Crippen LogP contribution in [0.1, 0.15) is 49.8 Å². The molecule has 0 aliphatic heterocycles. The summed E-state index contributed by atoms with van der Waals surface area (Å²) in [7, 11) is 0. The van der Waals surface area contributed by atoms with Crippen LogP contribution in [0.25, 0.3) is 0 Å². The first kappa shape index (κ1) is 17.9. The van der Waals surface area contributed by atoms with Crippen LogP contribution in [-0.2, 0) is 4.79 Å². The third-order valence-electron chi connectivity index (χ3n) is 3.75. The Hall–Kier alpha value is -2.46. The molecule has 24 heavy (non-hydrogen) atoms. The second kappa shape index (κ2) is 9.63. The third-order valence-corrected chi connectivity index (χ3v) is 3.75. The Morgan fingerprint density at radius 2 is 1.67 bits per heavy atom. The minimum Gasteiger partial charge on any atom is -0.382 e. The number of amides is 1. The van der Waals surface area contributed by atoms with Crippen molar-refractivity contribution < 1.29 is 9.90 Å². The topological polar surface area (TPSA) is 61.7 Å². The summed E-state index contributed by atoms with van der Waals surface area (Å²) in [5.41, 5.74) is 4.53. The first-order valence-electron chi connectivity index (χ1n) is 8.37. The molecule has 0 aliphatic carbocycles. The molecule has 126 valence electrons. The Morgan fingerprint density at radius 3 is 2.29 bits per heavy atom. The predicted molar refractivity (Wildman–Crippen MR) is 96.7 cm³/mol. The molecule has 0 heterocycles. The summed E-state index contributed by atoms with van der Waals surface area (Å²) < 4.78 is 0. The van der Waals surface area contributed by atoms with Gasteiger partial charge in [0.05, 0.1) is 0 Å². The Labute approximate surface area is 143 Å². The van der Waals surface area contributed by atoms with Gasteiger partial charge in [-0.25, -0.2) is 5.43 Å². The van der Waals surface area contributed by atoms with E-state index in [1.807, 2.05) is 60.7 Å². The molecule has 2 N–H and O–H groups in total. The summed E-state index contributed by atoms with van der Waals surface area (Å²) in [6.07, 6.45) is 2.48. The molecule has 1 atom stereocenters. The largest absolute Gasteiger partial charge is 0.382 e. The molecule has 0 aromatic heterocycles. The number of nitrogens with zero attached hydrogens (tertiary/aromatic N) is 1. The third kappa shape index (κ3) is 5.32. The molecule has 2 aromatic carbocycles. The van der Waals surface area contributed by atoms with Crippen LogP contribution in [0, 0.1) is 0 Å². The summed E-state index contributed by atoms with van der Waals surface area (Å²) >= 11 is 0. The average molecular weight is 324 g/mol. The normalized spacial score (nSPS) is 12.7. The van der Waals surface area contributed by atoms with Gasteiger partial charge in [-0.05, 0) is 12.0 Å². The van der Waals surface area contributed by atoms with Crippen molar-refractivity contribution in [2.24, 2.45) is 5.10 Å². The molecule has 0 radical (unpaired) electrons. The van der Waals surface area contributed by atoms with Crippen molar-refractivity contribution in [3.8, 4) is 0 Å². The summed E-state index contributed by atoms with van der Waals surface area (Å²) in [4.78, 5) is 11.9. The van der Waals surface area contributed by atoms with Crippen molar-refractivity contribution in [2.75, 3.05) is 0 Å². The Bertz CT molecular complexity index is 654. The molecule has 0 bridgehead atoms. The predicted octanol–water partition coefficient (Wildman–Crippen LogP) is 3.82. The van der Waals surface area contributed by atoms with E-state index in [0.717, 1.165) is 30.4 Å². The van der Waals surface area contributed by atoms with Gasteiger partial charge in [-0.15, -0.1) is 0 Å². The van der Waals surface area contributed by atoms with Gasteiger partial charge in [0.2, 0.25) is 5.91 Å². The molecule has 0 fully saturated rings. The summed E-state index contributed by atoms with van der Waals surface area (Å²) in [5, 5.41) is 14.9. The minimum absolute atomic E-state index is 0.128. The highest BCUT2D eigenvalue weighted by Crippen LogP contribution is 2.19. The van der Waals surface area contributed by atoms with Crippen molar-refractivity contribution in [1.82, 2.24) is 5.43 Å². The fourth-order valence-corrected chi connectivity index (χ4v) is 2.40. The Morgan fingerprint density at radius 1 is 1.04 bits per heavy atom. The van der Waals surface area contributed by atoms with E-state index in [1.54, 1.807) is 0 Å². The minimum atomic E-state index is -0.899. The maximum absolute atomic E-state index is 11.9. The maximum Gasteiger partial charge on any atom is 0.240 e. The number of benzene rings is 2. The maximum atomic E-state index is 11.9. The van der Waals surface area contributed by atoms with Crippen LogP contribution < -0.4 is 5.43 Å². The van der Waals surface area contributed by atoms with Gasteiger partial charge in [0.25, 0.3) is 0 Å². The number of rotatable bonds is 8. The van der Waals surface area contributed by atoms with Crippen LogP contribution in [0.4, 0.5) is 0 Å². The number of carbonyl (C=O) groups excluding carboxylic acids is 1. The molecule has 0 spiro atoms. The van der Waals surface area contributed by atoms with E-state index in [9.17, 15) is 9.90 Å². The average Bonchev–Trinajstić information content (AvgIpc) is 2.63. The zero-order valence-corrected chi connectivity index (χ0v) is 14.0. The highest BCUT2D eigenvalue weighted by atomic mass is 16.3. The molecular weight excluding hydrogens is 300 g/mol. The molecular formula is C20H24N2O2. The van der Waals surface area contributed by atoms with Crippen molar-refractivity contribution >= 4 is 11.6 Å². The van der Waals surface area contributed by atoms with E-state index < -0.39 is 6.10 Å². The number of nitrogens with one attached hydrogen (secondary N) is 1. The van der Waals surface area contributed by atoms with Crippen LogP contribution >= 0.6 is 0 Å². The number of aliphatic hydroxyl groups excluding tert-OH is 1. The van der Waals surface area contributed by atoms with Crippen LogP contribution in [0.15, 0.2) is 65.8 Å². The Kier molecular flexibility index (Phi) is 7.18. The quantitative estimate of drug-likeness (QED) is 0.440. The smallest absolute Gasteiger partial charge is 0.240 e. The zero-order chi connectivity index (χ0) is 17.2. The number of unbranched alkanes of at least 4 members (excludes halogenated alkanes) is 2. The second-order valence-electron chi connectivity index (χ2n) is 5.67. The lowest BCUT2D eigenvalue weighted by molar-refractivity contribution is -0.121. The lowest BCUT2D eigenvalue weighted by atomic mass is 9.99. The van der Waals surface area contributed by atoms with E-state index in [1.165, 1.54) is 0 Å².